The number of nitrogens with zero attached hydrogens (tertiary/aromatic N) is 1. The number of aliphatic carboxylic acids is 1. The molecule has 4 rings (SSSR count). The van der Waals surface area contributed by atoms with Gasteiger partial charge in [-0.25, -0.2) is 14.4 Å². The van der Waals surface area contributed by atoms with Crippen molar-refractivity contribution in [1.82, 2.24) is 20.9 Å². The first kappa shape index (κ1) is 46.9. The number of thiophene rings is 1. The summed E-state index contributed by atoms with van der Waals surface area (Å²) >= 11 is 1.46. The molecule has 4 amide bonds. The average molecular weight is 819 g/mol. The lowest BCUT2D eigenvalue weighted by Crippen LogP contribution is -2.71. The van der Waals surface area contributed by atoms with Gasteiger partial charge in [-0.2, -0.15) is 0 Å². The van der Waals surface area contributed by atoms with E-state index in [1.165, 1.54) is 30.1 Å². The summed E-state index contributed by atoms with van der Waals surface area (Å²) in [5.41, 5.74) is 0.0242. The Hall–Kier alpha value is -4.28. The number of ether oxygens (including phenoxy) is 3. The topological polar surface area (TPSA) is 284 Å². The Morgan fingerprint density at radius 3 is 2.33 bits per heavy atom. The van der Waals surface area contributed by atoms with Crippen LogP contribution in [-0.2, 0) is 55.4 Å². The third kappa shape index (κ3) is 14.1. The first-order valence-corrected chi connectivity index (χ1v) is 19.0. The quantitative estimate of drug-likeness (QED) is 0.0901. The summed E-state index contributed by atoms with van der Waals surface area (Å²) in [6.07, 6.45) is -7.96. The first-order valence-electron chi connectivity index (χ1n) is 16.8. The van der Waals surface area contributed by atoms with Gasteiger partial charge in [0.05, 0.1) is 23.0 Å². The lowest BCUT2D eigenvalue weighted by Gasteiger charge is -2.46. The number of nitrogens with one attached hydrogen (secondary N) is 3. The third-order valence-corrected chi connectivity index (χ3v) is 10.6. The Morgan fingerprint density at radius 2 is 1.73 bits per heavy atom. The number of carboxylic acid groups (broad SMARTS) is 1. The van der Waals surface area contributed by atoms with Gasteiger partial charge in [-0.3, -0.25) is 18.7 Å². The normalized spacial score (nSPS) is 25.5. The number of rotatable bonds is 15. The van der Waals surface area contributed by atoms with Gasteiger partial charge in [0.15, 0.2) is 6.10 Å². The van der Waals surface area contributed by atoms with Gasteiger partial charge in [0, 0.05) is 37.0 Å². The lowest BCUT2D eigenvalue weighted by atomic mass is 9.88. The Balaban J connectivity index is 0.000000383. The maximum Gasteiger partial charge on any atom is 0.409 e. The van der Waals surface area contributed by atoms with Crippen molar-refractivity contribution in [1.29, 1.82) is 0 Å². The van der Waals surface area contributed by atoms with Crippen LogP contribution in [0.25, 0.3) is 0 Å². The van der Waals surface area contributed by atoms with Gasteiger partial charge in [-0.05, 0) is 42.7 Å². The number of carbonyl (C=O) groups excluding carboxylic acids is 6. The molecular formula is C34H50N4O15S2. The van der Waals surface area contributed by atoms with E-state index >= 15 is 0 Å². The molecule has 19 nitrogen and oxygen atoms in total. The predicted molar refractivity (Wildman–Crippen MR) is 196 cm³/mol. The number of carboxylic acids is 1. The highest BCUT2D eigenvalue weighted by molar-refractivity contribution is 7.86. The number of hydrogen-bond acceptors (Lipinski definition) is 15. The molecule has 308 valence electrons. The number of amides is 4. The van der Waals surface area contributed by atoms with Crippen molar-refractivity contribution < 1.29 is 72.4 Å². The number of fused-ring (bicyclic) bond motifs is 1. The second-order valence-electron chi connectivity index (χ2n) is 13.6. The van der Waals surface area contributed by atoms with E-state index in [1.807, 2.05) is 17.5 Å². The van der Waals surface area contributed by atoms with Crippen LogP contribution in [0.15, 0.2) is 29.3 Å². The number of Topliss-reactive ketones (excluding diaryl/α,β-unsaturated/α-hetero) is 2. The number of ketones is 2. The van der Waals surface area contributed by atoms with Crippen LogP contribution in [0.2, 0.25) is 0 Å². The van der Waals surface area contributed by atoms with Gasteiger partial charge >= 0.3 is 18.2 Å². The first-order chi connectivity index (χ1) is 25.3. The predicted octanol–water partition coefficient (Wildman–Crippen LogP) is -0.0685. The summed E-state index contributed by atoms with van der Waals surface area (Å²) in [4.78, 5) is 83.1. The molecule has 4 heterocycles. The minimum absolute atomic E-state index is 0. The number of aliphatic hydroxyl groups is 3. The monoisotopic (exact) mass is 818 g/mol. The van der Waals surface area contributed by atoms with Crippen molar-refractivity contribution in [3.8, 4) is 0 Å². The van der Waals surface area contributed by atoms with E-state index in [0.717, 1.165) is 4.88 Å². The van der Waals surface area contributed by atoms with Crippen LogP contribution in [0, 0.1) is 5.41 Å². The van der Waals surface area contributed by atoms with Gasteiger partial charge in [0.2, 0.25) is 12.2 Å². The van der Waals surface area contributed by atoms with Crippen molar-refractivity contribution >= 4 is 63.7 Å². The highest BCUT2D eigenvalue weighted by Gasteiger charge is 2.53. The van der Waals surface area contributed by atoms with E-state index in [2.05, 4.69) is 16.0 Å². The van der Waals surface area contributed by atoms with Crippen molar-refractivity contribution in [2.45, 2.75) is 103 Å². The molecule has 0 radical (unpaired) electrons. The van der Waals surface area contributed by atoms with Crippen LogP contribution < -0.4 is 16.0 Å². The number of hydrogen-bond donors (Lipinski definition) is 7. The molecule has 0 saturated carbocycles. The molecule has 1 aromatic rings. The summed E-state index contributed by atoms with van der Waals surface area (Å²) in [6, 6.07) is 2.88. The molecule has 0 spiro atoms. The lowest BCUT2D eigenvalue weighted by molar-refractivity contribution is -0.278. The SMILES string of the molecule is C.CC(=O)CC(C)(C)CNC(=O)OC1OC(C(=O)O)C(O)C(O)C1O.CC(=O)CCCNC(=O)OCC1=CN2C(=O)C(NC(=O)Cc3cccs3)C2S(=O)C1. The smallest absolute Gasteiger partial charge is 0.409 e. The van der Waals surface area contributed by atoms with Gasteiger partial charge in [-0.1, -0.05) is 27.3 Å². The number of alkyl carbamates (subject to hydrolysis) is 2. The molecule has 3 aliphatic rings. The molecule has 2 fully saturated rings. The fourth-order valence-electron chi connectivity index (χ4n) is 5.49. The molecule has 3 aliphatic heterocycles. The maximum absolute atomic E-state index is 12.6. The fourth-order valence-corrected chi connectivity index (χ4v) is 7.80. The van der Waals surface area contributed by atoms with E-state index in [4.69, 9.17) is 19.3 Å². The molecule has 8 unspecified atom stereocenters. The van der Waals surface area contributed by atoms with E-state index in [9.17, 15) is 53.1 Å². The summed E-state index contributed by atoms with van der Waals surface area (Å²) in [6.45, 7) is 6.73. The summed E-state index contributed by atoms with van der Waals surface area (Å²) < 4.78 is 27.2. The second-order valence-corrected chi connectivity index (χ2v) is 16.2. The minimum Gasteiger partial charge on any atom is -0.479 e. The van der Waals surface area contributed by atoms with E-state index in [-0.39, 0.29) is 62.6 Å². The second kappa shape index (κ2) is 21.1. The Kier molecular flexibility index (Phi) is 18.0. The van der Waals surface area contributed by atoms with Crippen LogP contribution in [0.3, 0.4) is 0 Å². The van der Waals surface area contributed by atoms with Crippen LogP contribution >= 0.6 is 11.3 Å². The van der Waals surface area contributed by atoms with Gasteiger partial charge in [-0.15, -0.1) is 11.3 Å². The zero-order valence-electron chi connectivity index (χ0n) is 30.1. The average Bonchev–Trinajstić information content (AvgIpc) is 3.60. The fraction of sp³-hybridized carbons (Fsp3) is 0.618. The van der Waals surface area contributed by atoms with Crippen LogP contribution in [0.5, 0.6) is 0 Å². The highest BCUT2D eigenvalue weighted by Crippen LogP contribution is 2.30. The zero-order chi connectivity index (χ0) is 40.3. The molecular weight excluding hydrogens is 769 g/mol. The standard InChI is InChI=1S/C19H23N3O6S2.C14H23NO9.CH4/c1-12(23)4-2-6-20-19(26)28-10-13-9-22-17(25)16(18(22)30(27)11-13)21-15(24)8-14-5-3-7-29-14;1-6(16)4-14(2,3)5-15-13(22)24-12-9(19)7(17)8(18)10(23-12)11(20)21;/h3,5,7,9,16,18H,2,4,6,8,10-11H2,1H3,(H,20,26)(H,21,24);7-10,12,17-19H,4-5H2,1-3H3,(H,15,22)(H,20,21);1H4. The molecule has 8 atom stereocenters. The third-order valence-electron chi connectivity index (χ3n) is 8.07. The Labute approximate surface area is 324 Å². The molecule has 2 saturated heterocycles. The van der Waals surface area contributed by atoms with Crippen LogP contribution in [0.4, 0.5) is 9.59 Å². The van der Waals surface area contributed by atoms with Crippen molar-refractivity contribution in [3.05, 3.63) is 34.2 Å². The molecule has 0 bridgehead atoms. The number of carbonyl (C=O) groups is 7. The maximum atomic E-state index is 12.6. The van der Waals surface area contributed by atoms with E-state index in [0.29, 0.717) is 25.0 Å². The van der Waals surface area contributed by atoms with Crippen LogP contribution in [-0.4, -0.2) is 139 Å². The number of β-lactam (4-membered cyclic amide) rings is 1. The molecule has 0 aromatic carbocycles. The van der Waals surface area contributed by atoms with Gasteiger partial charge < -0.3 is 60.2 Å². The summed E-state index contributed by atoms with van der Waals surface area (Å²) in [5.74, 6) is -2.04. The van der Waals surface area contributed by atoms with E-state index in [1.54, 1.807) is 20.0 Å². The Morgan fingerprint density at radius 1 is 1.04 bits per heavy atom. The highest BCUT2D eigenvalue weighted by atomic mass is 32.2. The van der Waals surface area contributed by atoms with Crippen molar-refractivity contribution in [3.63, 3.8) is 0 Å². The summed E-state index contributed by atoms with van der Waals surface area (Å²) in [5, 5.41) is 46.6. The molecule has 55 heavy (non-hydrogen) atoms. The van der Waals surface area contributed by atoms with Gasteiger partial charge in [0.1, 0.15) is 47.9 Å². The van der Waals surface area contributed by atoms with Crippen molar-refractivity contribution in [2.75, 3.05) is 25.4 Å². The van der Waals surface area contributed by atoms with Crippen LogP contribution in [0.1, 0.15) is 59.3 Å². The largest absolute Gasteiger partial charge is 0.479 e. The van der Waals surface area contributed by atoms with Gasteiger partial charge in [0.25, 0.3) is 5.91 Å². The zero-order valence-corrected chi connectivity index (χ0v) is 31.7. The molecule has 7 N–H and O–H groups in total. The molecule has 21 heteroatoms. The summed E-state index contributed by atoms with van der Waals surface area (Å²) in [7, 11) is -1.42. The minimum atomic E-state index is -1.87. The molecule has 1 aromatic heterocycles. The van der Waals surface area contributed by atoms with E-state index < -0.39 is 76.5 Å². The number of aliphatic hydroxyl groups excluding tert-OH is 3. The molecule has 0 aliphatic carbocycles. The Bertz CT molecular complexity index is 1600. The van der Waals surface area contributed by atoms with Crippen molar-refractivity contribution in [2.24, 2.45) is 5.41 Å².